The molecule has 0 radical (unpaired) electrons. The molecular formula is C16H25N3O4. The number of ether oxygens (including phenoxy) is 1. The molecule has 0 bridgehead atoms. The monoisotopic (exact) mass is 323 g/mol. The van der Waals surface area contributed by atoms with E-state index in [1.54, 1.807) is 18.2 Å². The van der Waals surface area contributed by atoms with Crippen molar-refractivity contribution in [3.63, 3.8) is 0 Å². The van der Waals surface area contributed by atoms with Crippen LogP contribution in [0.15, 0.2) is 24.3 Å². The van der Waals surface area contributed by atoms with Gasteiger partial charge in [-0.1, -0.05) is 26.0 Å². The molecule has 0 heterocycles. The molecule has 0 spiro atoms. The molecule has 0 fully saturated rings. The Balaban J connectivity index is 2.16. The zero-order valence-corrected chi connectivity index (χ0v) is 13.7. The van der Waals surface area contributed by atoms with Gasteiger partial charge in [0, 0.05) is 38.8 Å². The van der Waals surface area contributed by atoms with Crippen molar-refractivity contribution < 1.29 is 14.5 Å². The highest BCUT2D eigenvalue weighted by Gasteiger charge is 2.11. The quantitative estimate of drug-likeness (QED) is 0.371. The van der Waals surface area contributed by atoms with Gasteiger partial charge in [-0.15, -0.1) is 0 Å². The first-order chi connectivity index (χ1) is 11.0. The van der Waals surface area contributed by atoms with Crippen LogP contribution in [0.25, 0.3) is 0 Å². The summed E-state index contributed by atoms with van der Waals surface area (Å²) in [6.07, 6.45) is 1.04. The van der Waals surface area contributed by atoms with Crippen LogP contribution in [0.1, 0.15) is 26.7 Å². The second-order valence-corrected chi connectivity index (χ2v) is 5.62. The highest BCUT2D eigenvalue weighted by Crippen LogP contribution is 2.22. The van der Waals surface area contributed by atoms with Crippen molar-refractivity contribution in [1.29, 1.82) is 0 Å². The van der Waals surface area contributed by atoms with Gasteiger partial charge in [0.25, 0.3) is 5.69 Å². The highest BCUT2D eigenvalue weighted by molar-refractivity contribution is 5.76. The molecule has 7 heteroatoms. The Morgan fingerprint density at radius 1 is 1.30 bits per heavy atom. The standard InChI is InChI=1S/C16H25N3O4/c1-13(2)12-23-11-5-9-18-16(20)8-10-17-14-6-3-4-7-15(14)19(21)22/h3-4,6-7,13,17H,5,8-12H2,1-2H3,(H,18,20). The van der Waals surface area contributed by atoms with E-state index in [9.17, 15) is 14.9 Å². The molecule has 1 rings (SSSR count). The van der Waals surface area contributed by atoms with E-state index in [2.05, 4.69) is 24.5 Å². The number of para-hydroxylation sites is 2. The number of carbonyl (C=O) groups is 1. The molecular weight excluding hydrogens is 298 g/mol. The van der Waals surface area contributed by atoms with E-state index >= 15 is 0 Å². The van der Waals surface area contributed by atoms with Crippen LogP contribution in [0.3, 0.4) is 0 Å². The minimum Gasteiger partial charge on any atom is -0.381 e. The summed E-state index contributed by atoms with van der Waals surface area (Å²) in [5, 5.41) is 16.6. The van der Waals surface area contributed by atoms with E-state index < -0.39 is 4.92 Å². The summed E-state index contributed by atoms with van der Waals surface area (Å²) in [5.41, 5.74) is 0.433. The van der Waals surface area contributed by atoms with Gasteiger partial charge >= 0.3 is 0 Å². The van der Waals surface area contributed by atoms with Crippen molar-refractivity contribution in [2.75, 3.05) is 31.6 Å². The lowest BCUT2D eigenvalue weighted by Crippen LogP contribution is -2.27. The second kappa shape index (κ2) is 10.6. The summed E-state index contributed by atoms with van der Waals surface area (Å²) in [7, 11) is 0. The van der Waals surface area contributed by atoms with Crippen molar-refractivity contribution in [3.8, 4) is 0 Å². The first-order valence-electron chi connectivity index (χ1n) is 7.82. The maximum atomic E-state index is 11.7. The number of nitrogens with one attached hydrogen (secondary N) is 2. The molecule has 2 N–H and O–H groups in total. The summed E-state index contributed by atoms with van der Waals surface area (Å²) in [4.78, 5) is 22.1. The third-order valence-corrected chi connectivity index (χ3v) is 3.01. The van der Waals surface area contributed by atoms with Crippen LogP contribution in [0.5, 0.6) is 0 Å². The Hall–Kier alpha value is -2.15. The van der Waals surface area contributed by atoms with E-state index in [0.29, 0.717) is 31.3 Å². The molecule has 0 unspecified atom stereocenters. The third-order valence-electron chi connectivity index (χ3n) is 3.01. The van der Waals surface area contributed by atoms with Gasteiger partial charge in [-0.05, 0) is 18.4 Å². The van der Waals surface area contributed by atoms with Crippen molar-refractivity contribution in [2.24, 2.45) is 5.92 Å². The van der Waals surface area contributed by atoms with Crippen LogP contribution in [-0.4, -0.2) is 37.1 Å². The Morgan fingerprint density at radius 2 is 2.04 bits per heavy atom. The Morgan fingerprint density at radius 3 is 2.74 bits per heavy atom. The van der Waals surface area contributed by atoms with Crippen molar-refractivity contribution in [1.82, 2.24) is 5.32 Å². The number of carbonyl (C=O) groups excluding carboxylic acids is 1. The number of anilines is 1. The molecule has 0 saturated carbocycles. The molecule has 128 valence electrons. The van der Waals surface area contributed by atoms with Crippen molar-refractivity contribution in [2.45, 2.75) is 26.7 Å². The van der Waals surface area contributed by atoms with E-state index in [1.807, 2.05) is 0 Å². The number of rotatable bonds is 11. The van der Waals surface area contributed by atoms with Crippen molar-refractivity contribution >= 4 is 17.3 Å². The van der Waals surface area contributed by atoms with Gasteiger partial charge in [0.05, 0.1) is 4.92 Å². The van der Waals surface area contributed by atoms with Gasteiger partial charge < -0.3 is 15.4 Å². The number of hydrogen-bond donors (Lipinski definition) is 2. The van der Waals surface area contributed by atoms with Crippen molar-refractivity contribution in [3.05, 3.63) is 34.4 Å². The maximum absolute atomic E-state index is 11.7. The Kier molecular flexibility index (Phi) is 8.67. The number of hydrogen-bond acceptors (Lipinski definition) is 5. The fraction of sp³-hybridized carbons (Fsp3) is 0.562. The third kappa shape index (κ3) is 8.15. The summed E-state index contributed by atoms with van der Waals surface area (Å²) >= 11 is 0. The van der Waals surface area contributed by atoms with Gasteiger partial charge in [0.15, 0.2) is 0 Å². The molecule has 0 aliphatic heterocycles. The average Bonchev–Trinajstić information content (AvgIpc) is 2.50. The fourth-order valence-electron chi connectivity index (χ4n) is 1.90. The lowest BCUT2D eigenvalue weighted by Gasteiger charge is -2.09. The summed E-state index contributed by atoms with van der Waals surface area (Å²) in [5.74, 6) is 0.428. The highest BCUT2D eigenvalue weighted by atomic mass is 16.6. The van der Waals surface area contributed by atoms with Crippen LogP contribution in [0.2, 0.25) is 0 Å². The summed E-state index contributed by atoms with van der Waals surface area (Å²) in [6.45, 7) is 6.46. The predicted molar refractivity (Wildman–Crippen MR) is 89.5 cm³/mol. The van der Waals surface area contributed by atoms with Gasteiger partial charge in [0.2, 0.25) is 5.91 Å². The van der Waals surface area contributed by atoms with Gasteiger partial charge in [-0.3, -0.25) is 14.9 Å². The van der Waals surface area contributed by atoms with Gasteiger partial charge in [-0.25, -0.2) is 0 Å². The lowest BCUT2D eigenvalue weighted by molar-refractivity contribution is -0.384. The van der Waals surface area contributed by atoms with Crippen LogP contribution in [0, 0.1) is 16.0 Å². The number of benzene rings is 1. The molecule has 0 aliphatic carbocycles. The van der Waals surface area contributed by atoms with Crippen LogP contribution in [-0.2, 0) is 9.53 Å². The molecule has 1 amide bonds. The Bertz CT molecular complexity index is 506. The molecule has 23 heavy (non-hydrogen) atoms. The smallest absolute Gasteiger partial charge is 0.292 e. The first-order valence-corrected chi connectivity index (χ1v) is 7.82. The molecule has 1 aromatic rings. The summed E-state index contributed by atoms with van der Waals surface area (Å²) in [6, 6.07) is 6.38. The minimum atomic E-state index is -0.445. The normalized spacial score (nSPS) is 10.6. The minimum absolute atomic E-state index is 0.00945. The van der Waals surface area contributed by atoms with Crippen LogP contribution in [0.4, 0.5) is 11.4 Å². The number of nitrogens with zero attached hydrogens (tertiary/aromatic N) is 1. The number of nitro groups is 1. The molecule has 0 aromatic heterocycles. The number of amides is 1. The molecule has 7 nitrogen and oxygen atoms in total. The predicted octanol–water partition coefficient (Wildman–Crippen LogP) is 2.58. The Labute approximate surface area is 136 Å². The molecule has 1 aromatic carbocycles. The van der Waals surface area contributed by atoms with Gasteiger partial charge in [0.1, 0.15) is 5.69 Å². The largest absolute Gasteiger partial charge is 0.381 e. The lowest BCUT2D eigenvalue weighted by atomic mass is 10.2. The SMILES string of the molecule is CC(C)COCCCNC(=O)CCNc1ccccc1[N+](=O)[O-]. The average molecular weight is 323 g/mol. The number of nitro benzene ring substituents is 1. The first kappa shape index (κ1) is 18.9. The van der Waals surface area contributed by atoms with Crippen LogP contribution < -0.4 is 10.6 Å². The second-order valence-electron chi connectivity index (χ2n) is 5.62. The van der Waals surface area contributed by atoms with E-state index in [4.69, 9.17) is 4.74 Å². The molecule has 0 aliphatic rings. The van der Waals surface area contributed by atoms with Crippen LogP contribution >= 0.6 is 0 Å². The molecule has 0 saturated heterocycles. The van der Waals surface area contributed by atoms with E-state index in [-0.39, 0.29) is 18.0 Å². The topological polar surface area (TPSA) is 93.5 Å². The van der Waals surface area contributed by atoms with E-state index in [1.165, 1.54) is 6.07 Å². The fourth-order valence-corrected chi connectivity index (χ4v) is 1.90. The van der Waals surface area contributed by atoms with E-state index in [0.717, 1.165) is 13.0 Å². The summed E-state index contributed by atoms with van der Waals surface area (Å²) < 4.78 is 5.42. The van der Waals surface area contributed by atoms with Gasteiger partial charge in [-0.2, -0.15) is 0 Å². The zero-order chi connectivity index (χ0) is 17.1. The molecule has 0 atom stereocenters. The maximum Gasteiger partial charge on any atom is 0.292 e. The zero-order valence-electron chi connectivity index (χ0n) is 13.7.